The molecule has 2 bridgehead atoms. The summed E-state index contributed by atoms with van der Waals surface area (Å²) in [6, 6.07) is -2.58. The Kier molecular flexibility index (Phi) is 11.3. The maximum Gasteiger partial charge on any atom is 0.407 e. The summed E-state index contributed by atoms with van der Waals surface area (Å²) in [6.07, 6.45) is 11.3. The van der Waals surface area contributed by atoms with Crippen LogP contribution in [-0.4, -0.2) is 66.7 Å². The lowest BCUT2D eigenvalue weighted by molar-refractivity contribution is -0.126. The van der Waals surface area contributed by atoms with Crippen molar-refractivity contribution in [2.24, 2.45) is 22.7 Å². The van der Waals surface area contributed by atoms with Gasteiger partial charge in [0.1, 0.15) is 16.2 Å². The van der Waals surface area contributed by atoms with Crippen LogP contribution in [0.15, 0.2) is 0 Å². The zero-order valence-electron chi connectivity index (χ0n) is 24.2. The van der Waals surface area contributed by atoms with Gasteiger partial charge in [-0.05, 0) is 75.5 Å². The molecule has 1 aliphatic heterocycles. The second-order valence-corrected chi connectivity index (χ2v) is 14.3. The third-order valence-electron chi connectivity index (χ3n) is 9.36. The van der Waals surface area contributed by atoms with Crippen molar-refractivity contribution < 1.29 is 37.2 Å². The first-order valence-electron chi connectivity index (χ1n) is 14.9. The van der Waals surface area contributed by atoms with Crippen LogP contribution in [-0.2, 0) is 24.4 Å². The Morgan fingerprint density at radius 3 is 2.25 bits per heavy atom. The van der Waals surface area contributed by atoms with Crippen molar-refractivity contribution in [1.82, 2.24) is 16.0 Å². The molecule has 1 heterocycles. The average molecular weight is 587 g/mol. The van der Waals surface area contributed by atoms with Gasteiger partial charge in [-0.15, -0.1) is 0 Å². The summed E-state index contributed by atoms with van der Waals surface area (Å²) in [5.74, 6) is -1.75. The summed E-state index contributed by atoms with van der Waals surface area (Å²) >= 11 is 0. The molecule has 0 radical (unpaired) electrons. The molecule has 40 heavy (non-hydrogen) atoms. The molecule has 4 aliphatic rings. The third kappa shape index (κ3) is 8.79. The van der Waals surface area contributed by atoms with Crippen LogP contribution in [0, 0.1) is 22.7 Å². The molecular weight excluding hydrogens is 538 g/mol. The van der Waals surface area contributed by atoms with Gasteiger partial charge in [-0.3, -0.25) is 9.59 Å². The number of carbonyl (C=O) groups is 3. The lowest BCUT2D eigenvalue weighted by atomic mass is 9.53. The van der Waals surface area contributed by atoms with Gasteiger partial charge < -0.3 is 30.3 Å². The monoisotopic (exact) mass is 586 g/mol. The minimum absolute atomic E-state index is 0.0145. The number of hydrogen-bond donors (Lipinski definition) is 4. The number of aliphatic hydroxyl groups excluding tert-OH is 1. The Balaban J connectivity index is 1.58. The van der Waals surface area contributed by atoms with Gasteiger partial charge in [-0.2, -0.15) is 0 Å². The highest BCUT2D eigenvalue weighted by molar-refractivity contribution is 7.86. The normalized spacial score (nSPS) is 28.6. The number of ether oxygens (including phenoxy) is 1. The van der Waals surface area contributed by atoms with Crippen LogP contribution in [0.5, 0.6) is 0 Å². The number of carbonyl (C=O) groups excluding carboxylic acids is 3. The van der Waals surface area contributed by atoms with E-state index in [0.29, 0.717) is 18.4 Å². The predicted molar refractivity (Wildman–Crippen MR) is 148 cm³/mol. The van der Waals surface area contributed by atoms with Crippen LogP contribution in [0.25, 0.3) is 0 Å². The number of rotatable bonds is 15. The standard InChI is InChI=1S/C28H49N3O8S/c1-4-5-6-8-27-9-12-28(13-10-27,14-11-27)18-39-26(35)31-21(16-19(2)3)24(33)30-22(25(34)40(36,37)38)17-20-7-15-29-23(20)32/h19-22,25,34H,4-18H2,1-3H3,(H,29,32)(H,30,33)(H,31,35)(H,36,37,38)/p-1/t20?,21-,22?,25?,27?,28?/m0/s1. The molecule has 0 aromatic carbocycles. The van der Waals surface area contributed by atoms with Crippen molar-refractivity contribution in [3.8, 4) is 0 Å². The Morgan fingerprint density at radius 2 is 1.73 bits per heavy atom. The summed E-state index contributed by atoms with van der Waals surface area (Å²) in [7, 11) is -5.17. The van der Waals surface area contributed by atoms with Crippen LogP contribution in [0.1, 0.15) is 104 Å². The number of hydrogen-bond acceptors (Lipinski definition) is 8. The van der Waals surface area contributed by atoms with Gasteiger partial charge in [0.15, 0.2) is 5.44 Å². The van der Waals surface area contributed by atoms with Crippen molar-refractivity contribution in [2.45, 2.75) is 122 Å². The van der Waals surface area contributed by atoms with Crippen LogP contribution in [0.3, 0.4) is 0 Å². The lowest BCUT2D eigenvalue weighted by Crippen LogP contribution is -2.55. The van der Waals surface area contributed by atoms with Crippen LogP contribution >= 0.6 is 0 Å². The van der Waals surface area contributed by atoms with E-state index in [9.17, 15) is 32.5 Å². The molecule has 11 nitrogen and oxygen atoms in total. The van der Waals surface area contributed by atoms with Crippen molar-refractivity contribution >= 4 is 28.0 Å². The Hall–Kier alpha value is -1.92. The van der Waals surface area contributed by atoms with Crippen molar-refractivity contribution in [1.29, 1.82) is 0 Å². The maximum atomic E-state index is 13.2. The summed E-state index contributed by atoms with van der Waals surface area (Å²) in [4.78, 5) is 38.0. The Morgan fingerprint density at radius 1 is 1.10 bits per heavy atom. The number of alkyl carbamates (subject to hydrolysis) is 1. The summed E-state index contributed by atoms with van der Waals surface area (Å²) in [6.45, 7) is 6.61. The smallest absolute Gasteiger partial charge is 0.407 e. The molecule has 4 fully saturated rings. The first kappa shape index (κ1) is 32.6. The fourth-order valence-corrected chi connectivity index (χ4v) is 7.28. The minimum atomic E-state index is -5.17. The molecule has 3 amide bonds. The molecule has 230 valence electrons. The van der Waals surface area contributed by atoms with E-state index in [1.54, 1.807) is 0 Å². The molecule has 3 saturated carbocycles. The SMILES string of the molecule is CCCCCC12CCC(COC(=O)N[C@@H](CC(C)C)C(=O)NC(CC3CCNC3=O)C(O)S(=O)(=O)[O-])(CC1)CC2. The summed E-state index contributed by atoms with van der Waals surface area (Å²) < 4.78 is 40.4. The van der Waals surface area contributed by atoms with Gasteiger partial charge in [-0.1, -0.05) is 40.0 Å². The van der Waals surface area contributed by atoms with E-state index >= 15 is 0 Å². The largest absolute Gasteiger partial charge is 0.746 e. The van der Waals surface area contributed by atoms with Crippen molar-refractivity contribution in [2.75, 3.05) is 13.2 Å². The van der Waals surface area contributed by atoms with E-state index in [4.69, 9.17) is 4.74 Å². The molecular formula is C28H48N3O8S-. The topological polar surface area (TPSA) is 174 Å². The molecule has 1 saturated heterocycles. The first-order valence-corrected chi connectivity index (χ1v) is 16.4. The maximum absolute atomic E-state index is 13.2. The van der Waals surface area contributed by atoms with E-state index in [-0.39, 0.29) is 36.7 Å². The van der Waals surface area contributed by atoms with E-state index in [2.05, 4.69) is 22.9 Å². The van der Waals surface area contributed by atoms with E-state index in [1.807, 2.05) is 13.8 Å². The van der Waals surface area contributed by atoms with Crippen molar-refractivity contribution in [3.05, 3.63) is 0 Å². The average Bonchev–Trinajstić information content (AvgIpc) is 3.31. The van der Waals surface area contributed by atoms with Gasteiger partial charge >= 0.3 is 6.09 Å². The molecule has 0 spiro atoms. The number of nitrogens with one attached hydrogen (secondary N) is 3. The highest BCUT2D eigenvalue weighted by Gasteiger charge is 2.48. The van der Waals surface area contributed by atoms with Gasteiger partial charge in [-0.25, -0.2) is 13.2 Å². The molecule has 4 rings (SSSR count). The Labute approximate surface area is 238 Å². The molecule has 3 aliphatic carbocycles. The molecule has 12 heteroatoms. The van der Waals surface area contributed by atoms with E-state index in [0.717, 1.165) is 38.5 Å². The molecule has 0 aromatic rings. The van der Waals surface area contributed by atoms with Gasteiger partial charge in [0.2, 0.25) is 11.8 Å². The highest BCUT2D eigenvalue weighted by Crippen LogP contribution is 2.58. The molecule has 3 unspecified atom stereocenters. The second-order valence-electron chi connectivity index (χ2n) is 12.9. The quantitative estimate of drug-likeness (QED) is 0.167. The zero-order chi connectivity index (χ0) is 29.6. The van der Waals surface area contributed by atoms with Gasteiger partial charge in [0.25, 0.3) is 0 Å². The zero-order valence-corrected chi connectivity index (χ0v) is 25.0. The Bertz CT molecular complexity index is 977. The third-order valence-corrected chi connectivity index (χ3v) is 10.3. The summed E-state index contributed by atoms with van der Waals surface area (Å²) in [5, 5.41) is 17.8. The van der Waals surface area contributed by atoms with Gasteiger partial charge in [0, 0.05) is 17.9 Å². The van der Waals surface area contributed by atoms with E-state index in [1.165, 1.54) is 25.7 Å². The summed E-state index contributed by atoms with van der Waals surface area (Å²) in [5.41, 5.74) is -2.02. The van der Waals surface area contributed by atoms with Crippen molar-refractivity contribution in [3.63, 3.8) is 0 Å². The fraction of sp³-hybridized carbons (Fsp3) is 0.893. The van der Waals surface area contributed by atoms with Crippen LogP contribution in [0.4, 0.5) is 4.79 Å². The highest BCUT2D eigenvalue weighted by atomic mass is 32.2. The molecule has 0 aromatic heterocycles. The predicted octanol–water partition coefficient (Wildman–Crippen LogP) is 2.92. The van der Waals surface area contributed by atoms with Crippen LogP contribution in [0.2, 0.25) is 0 Å². The van der Waals surface area contributed by atoms with Crippen LogP contribution < -0.4 is 16.0 Å². The second kappa shape index (κ2) is 13.8. The molecule has 4 atom stereocenters. The number of fused-ring (bicyclic) bond motifs is 3. The number of unbranched alkanes of at least 4 members (excludes halogenated alkanes) is 2. The molecule has 4 N–H and O–H groups in total. The van der Waals surface area contributed by atoms with E-state index < -0.39 is 45.6 Å². The minimum Gasteiger partial charge on any atom is -0.746 e. The first-order chi connectivity index (χ1) is 18.8. The van der Waals surface area contributed by atoms with Gasteiger partial charge in [0.05, 0.1) is 12.6 Å². The fourth-order valence-electron chi connectivity index (χ4n) is 6.70. The lowest BCUT2D eigenvalue weighted by Gasteiger charge is -2.53. The number of amides is 3. The number of aliphatic hydroxyl groups is 1.